The van der Waals surface area contributed by atoms with Gasteiger partial charge < -0.3 is 5.32 Å². The van der Waals surface area contributed by atoms with Gasteiger partial charge in [0, 0.05) is 23.8 Å². The number of sulfone groups is 1. The van der Waals surface area contributed by atoms with E-state index in [1.807, 2.05) is 18.2 Å². The number of hydrogen-bond acceptors (Lipinski definition) is 3. The lowest BCUT2D eigenvalue weighted by Gasteiger charge is -2.16. The Bertz CT molecular complexity index is 840. The van der Waals surface area contributed by atoms with Crippen molar-refractivity contribution in [3.8, 4) is 0 Å². The van der Waals surface area contributed by atoms with Crippen molar-refractivity contribution in [1.82, 2.24) is 5.32 Å². The Labute approximate surface area is 142 Å². The summed E-state index contributed by atoms with van der Waals surface area (Å²) in [5.41, 5.74) is 2.45. The quantitative estimate of drug-likeness (QED) is 0.877. The van der Waals surface area contributed by atoms with Crippen LogP contribution in [-0.4, -0.2) is 27.1 Å². The Morgan fingerprint density at radius 3 is 2.42 bits per heavy atom. The lowest BCUT2D eigenvalue weighted by atomic mass is 9.96. The summed E-state index contributed by atoms with van der Waals surface area (Å²) in [6.45, 7) is 0.603. The summed E-state index contributed by atoms with van der Waals surface area (Å²) in [4.78, 5) is 12.4. The Kier molecular flexibility index (Phi) is 4.45. The number of benzene rings is 2. The highest BCUT2D eigenvalue weighted by molar-refractivity contribution is 7.89. The Hall–Kier alpha value is -2.14. The maximum absolute atomic E-state index is 12.4. The van der Waals surface area contributed by atoms with Crippen LogP contribution in [0.4, 0.5) is 0 Å². The third-order valence-electron chi connectivity index (χ3n) is 4.45. The highest BCUT2D eigenvalue weighted by atomic mass is 32.2. The Balaban J connectivity index is 1.67. The average Bonchev–Trinajstić information content (AvgIpc) is 3.33. The Morgan fingerprint density at radius 2 is 1.79 bits per heavy atom. The first-order chi connectivity index (χ1) is 11.4. The minimum Gasteiger partial charge on any atom is -0.351 e. The molecule has 4 nitrogen and oxygen atoms in total. The van der Waals surface area contributed by atoms with Gasteiger partial charge in [0.2, 0.25) is 0 Å². The smallest absolute Gasteiger partial charge is 0.251 e. The molecule has 0 bridgehead atoms. The standard InChI is InChI=1S/C19H21NO3S/c1-24(22,23)13-15-6-5-7-16(12-15)18(21)20-14-19(10-11-19)17-8-3-2-4-9-17/h2-9,12H,10-11,13-14H2,1H3,(H,20,21). The van der Waals surface area contributed by atoms with Crippen molar-refractivity contribution in [1.29, 1.82) is 0 Å². The normalized spacial score (nSPS) is 15.7. The van der Waals surface area contributed by atoms with Gasteiger partial charge in [-0.1, -0.05) is 42.5 Å². The van der Waals surface area contributed by atoms with E-state index in [0.29, 0.717) is 17.7 Å². The molecule has 1 amide bonds. The largest absolute Gasteiger partial charge is 0.351 e. The van der Waals surface area contributed by atoms with Gasteiger partial charge in [0.15, 0.2) is 9.84 Å². The first kappa shape index (κ1) is 16.7. The summed E-state index contributed by atoms with van der Waals surface area (Å²) < 4.78 is 22.8. The van der Waals surface area contributed by atoms with Crippen molar-refractivity contribution >= 4 is 15.7 Å². The highest BCUT2D eigenvalue weighted by Crippen LogP contribution is 2.47. The van der Waals surface area contributed by atoms with Crippen molar-refractivity contribution in [2.75, 3.05) is 12.8 Å². The Morgan fingerprint density at radius 1 is 1.08 bits per heavy atom. The molecular formula is C19H21NO3S. The van der Waals surface area contributed by atoms with Crippen LogP contribution in [0.15, 0.2) is 54.6 Å². The predicted octanol–water partition coefficient (Wildman–Crippen LogP) is 2.69. The number of amides is 1. The number of nitrogens with one attached hydrogen (secondary N) is 1. The zero-order chi connectivity index (χ0) is 17.2. The van der Waals surface area contributed by atoms with Crippen LogP contribution in [0.3, 0.4) is 0 Å². The molecule has 2 aromatic carbocycles. The maximum atomic E-state index is 12.4. The minimum absolute atomic E-state index is 0.0535. The van der Waals surface area contributed by atoms with E-state index in [0.717, 1.165) is 12.8 Å². The highest BCUT2D eigenvalue weighted by Gasteiger charge is 2.44. The molecule has 0 aromatic heterocycles. The fourth-order valence-corrected chi connectivity index (χ4v) is 3.75. The minimum atomic E-state index is -3.11. The van der Waals surface area contributed by atoms with E-state index < -0.39 is 9.84 Å². The summed E-state index contributed by atoms with van der Waals surface area (Å²) in [7, 11) is -3.11. The molecule has 0 saturated heterocycles. The molecule has 0 aliphatic heterocycles. The lowest BCUT2D eigenvalue weighted by molar-refractivity contribution is 0.0949. The fraction of sp³-hybridized carbons (Fsp3) is 0.316. The molecule has 126 valence electrons. The van der Waals surface area contributed by atoms with Gasteiger partial charge in [-0.15, -0.1) is 0 Å². The molecule has 1 aliphatic carbocycles. The van der Waals surface area contributed by atoms with Crippen LogP contribution >= 0.6 is 0 Å². The molecule has 0 radical (unpaired) electrons. The fourth-order valence-electron chi connectivity index (χ4n) is 2.97. The van der Waals surface area contributed by atoms with Gasteiger partial charge in [-0.2, -0.15) is 0 Å². The van der Waals surface area contributed by atoms with Crippen LogP contribution in [0.1, 0.15) is 34.3 Å². The molecule has 5 heteroatoms. The first-order valence-electron chi connectivity index (χ1n) is 7.98. The van der Waals surface area contributed by atoms with Crippen LogP contribution in [-0.2, 0) is 21.0 Å². The van der Waals surface area contributed by atoms with Crippen molar-refractivity contribution in [2.45, 2.75) is 24.0 Å². The monoisotopic (exact) mass is 343 g/mol. The van der Waals surface area contributed by atoms with E-state index in [-0.39, 0.29) is 17.1 Å². The predicted molar refractivity (Wildman–Crippen MR) is 94.7 cm³/mol. The summed E-state index contributed by atoms with van der Waals surface area (Å²) in [5.74, 6) is -0.213. The molecule has 1 fully saturated rings. The van der Waals surface area contributed by atoms with E-state index in [2.05, 4.69) is 17.4 Å². The molecule has 24 heavy (non-hydrogen) atoms. The number of hydrogen-bond donors (Lipinski definition) is 1. The van der Waals surface area contributed by atoms with Crippen LogP contribution < -0.4 is 5.32 Å². The van der Waals surface area contributed by atoms with Gasteiger partial charge in [-0.25, -0.2) is 8.42 Å². The average molecular weight is 343 g/mol. The second-order valence-electron chi connectivity index (χ2n) is 6.60. The van der Waals surface area contributed by atoms with Gasteiger partial charge in [0.25, 0.3) is 5.91 Å². The number of rotatable bonds is 6. The lowest BCUT2D eigenvalue weighted by Crippen LogP contribution is -2.32. The van der Waals surface area contributed by atoms with E-state index >= 15 is 0 Å². The molecule has 0 atom stereocenters. The molecule has 1 aliphatic rings. The second-order valence-corrected chi connectivity index (χ2v) is 8.74. The van der Waals surface area contributed by atoms with Gasteiger partial charge in [0.1, 0.15) is 0 Å². The van der Waals surface area contributed by atoms with Crippen LogP contribution in [0.25, 0.3) is 0 Å². The van der Waals surface area contributed by atoms with Gasteiger partial charge in [-0.3, -0.25) is 4.79 Å². The molecule has 0 spiro atoms. The molecule has 0 heterocycles. The maximum Gasteiger partial charge on any atom is 0.251 e. The SMILES string of the molecule is CS(=O)(=O)Cc1cccc(C(=O)NCC2(c3ccccc3)CC2)c1. The number of carbonyl (C=O) groups excluding carboxylic acids is 1. The van der Waals surface area contributed by atoms with Crippen molar-refractivity contribution in [3.63, 3.8) is 0 Å². The topological polar surface area (TPSA) is 63.2 Å². The van der Waals surface area contributed by atoms with E-state index in [1.165, 1.54) is 11.8 Å². The first-order valence-corrected chi connectivity index (χ1v) is 10.0. The summed E-state index contributed by atoms with van der Waals surface area (Å²) >= 11 is 0. The van der Waals surface area contributed by atoms with E-state index in [1.54, 1.807) is 24.3 Å². The number of carbonyl (C=O) groups is 1. The van der Waals surface area contributed by atoms with Gasteiger partial charge >= 0.3 is 0 Å². The molecule has 0 unspecified atom stereocenters. The van der Waals surface area contributed by atoms with Crippen molar-refractivity contribution in [3.05, 3.63) is 71.3 Å². The zero-order valence-electron chi connectivity index (χ0n) is 13.7. The molecular weight excluding hydrogens is 322 g/mol. The van der Waals surface area contributed by atoms with Crippen LogP contribution in [0.2, 0.25) is 0 Å². The second kappa shape index (κ2) is 6.40. The van der Waals surface area contributed by atoms with Gasteiger partial charge in [0.05, 0.1) is 5.75 Å². The molecule has 3 rings (SSSR count). The van der Waals surface area contributed by atoms with E-state index in [9.17, 15) is 13.2 Å². The summed E-state index contributed by atoms with van der Waals surface area (Å²) in [6.07, 6.45) is 3.34. The van der Waals surface area contributed by atoms with Crippen molar-refractivity contribution < 1.29 is 13.2 Å². The van der Waals surface area contributed by atoms with Crippen LogP contribution in [0, 0.1) is 0 Å². The van der Waals surface area contributed by atoms with Gasteiger partial charge in [-0.05, 0) is 36.1 Å². The van der Waals surface area contributed by atoms with Crippen LogP contribution in [0.5, 0.6) is 0 Å². The third kappa shape index (κ3) is 4.03. The van der Waals surface area contributed by atoms with E-state index in [4.69, 9.17) is 0 Å². The molecule has 1 saturated carbocycles. The molecule has 1 N–H and O–H groups in total. The molecule has 2 aromatic rings. The third-order valence-corrected chi connectivity index (χ3v) is 5.30. The summed E-state index contributed by atoms with van der Waals surface area (Å²) in [5, 5.41) is 3.00. The van der Waals surface area contributed by atoms with Crippen molar-refractivity contribution in [2.24, 2.45) is 0 Å². The zero-order valence-corrected chi connectivity index (χ0v) is 14.5. The summed E-state index contributed by atoms with van der Waals surface area (Å²) in [6, 6.07) is 17.0.